The van der Waals surface area contributed by atoms with Crippen molar-refractivity contribution in [3.05, 3.63) is 64.9 Å². The van der Waals surface area contributed by atoms with E-state index in [-0.39, 0.29) is 0 Å². The molecule has 5 heteroatoms. The van der Waals surface area contributed by atoms with Crippen molar-refractivity contribution in [1.29, 1.82) is 0 Å². The third-order valence-electron chi connectivity index (χ3n) is 2.76. The topological polar surface area (TPSA) is 30.7 Å². The second kappa shape index (κ2) is 5.03. The van der Waals surface area contributed by atoms with Crippen LogP contribution in [0.25, 0.3) is 16.8 Å². The van der Waals surface area contributed by atoms with Gasteiger partial charge in [-0.15, -0.1) is 5.10 Å². The van der Waals surface area contributed by atoms with Crippen LogP contribution < -0.4 is 0 Å². The molecule has 0 N–H and O–H groups in total. The van der Waals surface area contributed by atoms with Crippen LogP contribution in [0, 0.1) is 0 Å². The lowest BCUT2D eigenvalue weighted by atomic mass is 10.0. The van der Waals surface area contributed by atoms with E-state index < -0.39 is 0 Å². The van der Waals surface area contributed by atoms with Crippen LogP contribution in [0.4, 0.5) is 0 Å². The monoisotopic (exact) mass is 289 g/mol. The van der Waals surface area contributed by atoms with Crippen LogP contribution in [-0.4, -0.2) is 15.0 Å². The summed E-state index contributed by atoms with van der Waals surface area (Å²) in [4.78, 5) is 0. The standard InChI is InChI=1S/C14H9Cl2N3/c15-11-6-7-13(19-9-14(16)17-18-19)12(8-11)10-4-2-1-3-5-10/h1-9H. The summed E-state index contributed by atoms with van der Waals surface area (Å²) in [6.07, 6.45) is 1.66. The Balaban J connectivity index is 2.20. The maximum atomic E-state index is 6.09. The van der Waals surface area contributed by atoms with Crippen LogP contribution in [0.3, 0.4) is 0 Å². The molecular formula is C14H9Cl2N3. The minimum Gasteiger partial charge on any atom is -0.219 e. The van der Waals surface area contributed by atoms with Gasteiger partial charge in [-0.05, 0) is 23.8 Å². The maximum absolute atomic E-state index is 6.09. The first-order valence-corrected chi connectivity index (χ1v) is 6.43. The number of halogens is 2. The maximum Gasteiger partial charge on any atom is 0.171 e. The molecule has 0 spiro atoms. The van der Waals surface area contributed by atoms with Crippen LogP contribution in [-0.2, 0) is 0 Å². The minimum atomic E-state index is 0.356. The van der Waals surface area contributed by atoms with Gasteiger partial charge in [0.05, 0.1) is 11.9 Å². The summed E-state index contributed by atoms with van der Waals surface area (Å²) >= 11 is 11.9. The van der Waals surface area contributed by atoms with Gasteiger partial charge in [-0.2, -0.15) is 0 Å². The molecule has 0 saturated heterocycles. The summed E-state index contributed by atoms with van der Waals surface area (Å²) in [5, 5.41) is 8.82. The molecule has 0 atom stereocenters. The summed E-state index contributed by atoms with van der Waals surface area (Å²) in [5.41, 5.74) is 2.93. The van der Waals surface area contributed by atoms with E-state index in [2.05, 4.69) is 10.3 Å². The Morgan fingerprint density at radius 2 is 1.74 bits per heavy atom. The Morgan fingerprint density at radius 1 is 0.947 bits per heavy atom. The molecule has 0 aliphatic heterocycles. The Morgan fingerprint density at radius 3 is 2.42 bits per heavy atom. The Labute approximate surface area is 120 Å². The summed E-state index contributed by atoms with van der Waals surface area (Å²) in [7, 11) is 0. The summed E-state index contributed by atoms with van der Waals surface area (Å²) in [6, 6.07) is 15.6. The quantitative estimate of drug-likeness (QED) is 0.706. The molecule has 1 aromatic heterocycles. The highest BCUT2D eigenvalue weighted by atomic mass is 35.5. The molecule has 1 heterocycles. The van der Waals surface area contributed by atoms with Crippen molar-refractivity contribution in [3.63, 3.8) is 0 Å². The lowest BCUT2D eigenvalue weighted by molar-refractivity contribution is 0.804. The Bertz CT molecular complexity index is 708. The van der Waals surface area contributed by atoms with E-state index in [9.17, 15) is 0 Å². The van der Waals surface area contributed by atoms with E-state index in [0.717, 1.165) is 16.8 Å². The third kappa shape index (κ3) is 2.48. The average Bonchev–Trinajstić information content (AvgIpc) is 2.86. The second-order valence-corrected chi connectivity index (χ2v) is 4.84. The first-order chi connectivity index (χ1) is 9.24. The highest BCUT2D eigenvalue weighted by Crippen LogP contribution is 2.29. The molecule has 2 aromatic carbocycles. The van der Waals surface area contributed by atoms with E-state index in [1.165, 1.54) is 0 Å². The van der Waals surface area contributed by atoms with Crippen LogP contribution in [0.2, 0.25) is 10.2 Å². The Kier molecular flexibility index (Phi) is 3.23. The van der Waals surface area contributed by atoms with Crippen molar-refractivity contribution in [2.24, 2.45) is 0 Å². The van der Waals surface area contributed by atoms with Gasteiger partial charge in [0, 0.05) is 10.6 Å². The first-order valence-electron chi connectivity index (χ1n) is 5.67. The molecule has 0 bridgehead atoms. The van der Waals surface area contributed by atoms with Crippen LogP contribution in [0.1, 0.15) is 0 Å². The fourth-order valence-corrected chi connectivity index (χ4v) is 2.22. The van der Waals surface area contributed by atoms with Crippen LogP contribution in [0.5, 0.6) is 0 Å². The van der Waals surface area contributed by atoms with E-state index in [4.69, 9.17) is 23.2 Å². The van der Waals surface area contributed by atoms with Gasteiger partial charge in [0.15, 0.2) is 5.15 Å². The molecule has 19 heavy (non-hydrogen) atoms. The van der Waals surface area contributed by atoms with Gasteiger partial charge >= 0.3 is 0 Å². The van der Waals surface area contributed by atoms with Gasteiger partial charge in [-0.1, -0.05) is 58.7 Å². The summed E-state index contributed by atoms with van der Waals surface area (Å²) in [6.45, 7) is 0. The molecule has 3 aromatic rings. The third-order valence-corrected chi connectivity index (χ3v) is 3.16. The van der Waals surface area contributed by atoms with Crippen molar-refractivity contribution >= 4 is 23.2 Å². The van der Waals surface area contributed by atoms with Gasteiger partial charge in [0.1, 0.15) is 0 Å². The van der Waals surface area contributed by atoms with E-state index in [1.54, 1.807) is 10.9 Å². The molecule has 94 valence electrons. The zero-order valence-corrected chi connectivity index (χ0v) is 11.3. The predicted octanol–water partition coefficient (Wildman–Crippen LogP) is 4.24. The van der Waals surface area contributed by atoms with Gasteiger partial charge in [-0.3, -0.25) is 0 Å². The van der Waals surface area contributed by atoms with E-state index >= 15 is 0 Å². The molecule has 0 unspecified atom stereocenters. The predicted molar refractivity (Wildman–Crippen MR) is 76.8 cm³/mol. The minimum absolute atomic E-state index is 0.356. The smallest absolute Gasteiger partial charge is 0.171 e. The zero-order valence-electron chi connectivity index (χ0n) is 9.79. The number of rotatable bonds is 2. The van der Waals surface area contributed by atoms with Gasteiger partial charge in [0.25, 0.3) is 0 Å². The molecule has 0 amide bonds. The fourth-order valence-electron chi connectivity index (χ4n) is 1.92. The number of nitrogens with zero attached hydrogens (tertiary/aromatic N) is 3. The average molecular weight is 290 g/mol. The van der Waals surface area contributed by atoms with Crippen molar-refractivity contribution in [2.45, 2.75) is 0 Å². The molecular weight excluding hydrogens is 281 g/mol. The summed E-state index contributed by atoms with van der Waals surface area (Å²) < 4.78 is 1.64. The number of aromatic nitrogens is 3. The molecule has 0 aliphatic rings. The highest BCUT2D eigenvalue weighted by molar-refractivity contribution is 6.31. The number of hydrogen-bond acceptors (Lipinski definition) is 2. The largest absolute Gasteiger partial charge is 0.219 e. The molecule has 0 fully saturated rings. The van der Waals surface area contributed by atoms with E-state index in [1.807, 2.05) is 48.5 Å². The van der Waals surface area contributed by atoms with Crippen molar-refractivity contribution in [2.75, 3.05) is 0 Å². The van der Waals surface area contributed by atoms with Crippen molar-refractivity contribution in [1.82, 2.24) is 15.0 Å². The molecule has 0 saturated carbocycles. The van der Waals surface area contributed by atoms with Gasteiger partial charge < -0.3 is 0 Å². The van der Waals surface area contributed by atoms with Crippen LogP contribution in [0.15, 0.2) is 54.7 Å². The van der Waals surface area contributed by atoms with Crippen molar-refractivity contribution < 1.29 is 0 Å². The van der Waals surface area contributed by atoms with Gasteiger partial charge in [-0.25, -0.2) is 4.68 Å². The molecule has 3 rings (SSSR count). The fraction of sp³-hybridized carbons (Fsp3) is 0. The number of benzene rings is 2. The normalized spacial score (nSPS) is 10.6. The first kappa shape index (κ1) is 12.2. The second-order valence-electron chi connectivity index (χ2n) is 4.01. The Hall–Kier alpha value is -1.84. The van der Waals surface area contributed by atoms with Crippen molar-refractivity contribution in [3.8, 4) is 16.8 Å². The molecule has 0 radical (unpaired) electrons. The lowest BCUT2D eigenvalue weighted by Crippen LogP contribution is -1.98. The van der Waals surface area contributed by atoms with Crippen LogP contribution >= 0.6 is 23.2 Å². The van der Waals surface area contributed by atoms with Gasteiger partial charge in [0.2, 0.25) is 0 Å². The zero-order chi connectivity index (χ0) is 13.2. The molecule has 3 nitrogen and oxygen atoms in total. The van der Waals surface area contributed by atoms with E-state index in [0.29, 0.717) is 10.2 Å². The molecule has 0 aliphatic carbocycles. The summed E-state index contributed by atoms with van der Waals surface area (Å²) in [5.74, 6) is 0. The number of hydrogen-bond donors (Lipinski definition) is 0. The highest BCUT2D eigenvalue weighted by Gasteiger charge is 2.09. The SMILES string of the molecule is Clc1ccc(-n2cc(Cl)nn2)c(-c2ccccc2)c1. The lowest BCUT2D eigenvalue weighted by Gasteiger charge is -2.09.